The zero-order valence-electron chi connectivity index (χ0n) is 5.76. The zero-order chi connectivity index (χ0) is 7.40. The third-order valence-corrected chi connectivity index (χ3v) is 1.02. The van der Waals surface area contributed by atoms with Gasteiger partial charge in [0.25, 0.3) is 0 Å². The lowest BCUT2D eigenvalue weighted by Crippen LogP contribution is -1.97. The first-order valence-corrected chi connectivity index (χ1v) is 3.12. The highest BCUT2D eigenvalue weighted by atomic mass is 16.3. The van der Waals surface area contributed by atoms with Crippen LogP contribution in [0.2, 0.25) is 0 Å². The molecule has 0 unspecified atom stereocenters. The van der Waals surface area contributed by atoms with E-state index in [1.54, 1.807) is 0 Å². The first kappa shape index (κ1) is 7.01. The molecule has 0 fully saturated rings. The Kier molecular flexibility index (Phi) is 2.22. The van der Waals surface area contributed by atoms with Crippen LogP contribution in [0.15, 0.2) is 0 Å². The van der Waals surface area contributed by atoms with Crippen LogP contribution in [0.5, 0.6) is 0 Å². The topological polar surface area (TPSA) is 73.8 Å². The summed E-state index contributed by atoms with van der Waals surface area (Å²) < 4.78 is 0. The molecule has 0 saturated heterocycles. The fourth-order valence-electron chi connectivity index (χ4n) is 0.603. The Balaban J connectivity index is 2.59. The van der Waals surface area contributed by atoms with Crippen molar-refractivity contribution in [1.29, 1.82) is 0 Å². The number of rotatable bonds is 3. The van der Waals surface area contributed by atoms with Crippen LogP contribution in [0.3, 0.4) is 0 Å². The van der Waals surface area contributed by atoms with Crippen LogP contribution in [0.1, 0.15) is 12.7 Å². The molecule has 1 heterocycles. The normalized spacial score (nSPS) is 9.80. The number of hydrogen-bond acceptors (Lipinski definition) is 4. The highest BCUT2D eigenvalue weighted by Crippen LogP contribution is 1.96. The maximum Gasteiger partial charge on any atom is 0.242 e. The number of hydrogen-bond donors (Lipinski definition) is 3. The fraction of sp³-hybridized carbons (Fsp3) is 0.600. The lowest BCUT2D eigenvalue weighted by molar-refractivity contribution is 0.272. The molecule has 0 aliphatic heterocycles. The predicted molar refractivity (Wildman–Crippen MR) is 36.5 cm³/mol. The van der Waals surface area contributed by atoms with Crippen molar-refractivity contribution in [3.63, 3.8) is 0 Å². The van der Waals surface area contributed by atoms with Crippen molar-refractivity contribution >= 4 is 5.95 Å². The van der Waals surface area contributed by atoms with E-state index < -0.39 is 0 Å². The average Bonchev–Trinajstić information content (AvgIpc) is 2.37. The van der Waals surface area contributed by atoms with Gasteiger partial charge in [0.05, 0.1) is 0 Å². The van der Waals surface area contributed by atoms with Gasteiger partial charge in [-0.2, -0.15) is 4.98 Å². The van der Waals surface area contributed by atoms with Gasteiger partial charge in [-0.3, -0.25) is 5.10 Å². The van der Waals surface area contributed by atoms with Crippen molar-refractivity contribution in [3.05, 3.63) is 5.82 Å². The number of aliphatic hydroxyl groups is 1. The molecule has 1 aromatic rings. The summed E-state index contributed by atoms with van der Waals surface area (Å²) in [6, 6.07) is 0. The molecular formula is C5H10N4O. The van der Waals surface area contributed by atoms with Gasteiger partial charge < -0.3 is 10.4 Å². The van der Waals surface area contributed by atoms with Crippen LogP contribution in [0.25, 0.3) is 0 Å². The lowest BCUT2D eigenvalue weighted by atomic mass is 10.7. The minimum Gasteiger partial charge on any atom is -0.388 e. The van der Waals surface area contributed by atoms with Gasteiger partial charge in [0.2, 0.25) is 5.95 Å². The van der Waals surface area contributed by atoms with E-state index in [1.807, 2.05) is 6.92 Å². The smallest absolute Gasteiger partial charge is 0.242 e. The van der Waals surface area contributed by atoms with E-state index in [4.69, 9.17) is 5.11 Å². The van der Waals surface area contributed by atoms with Gasteiger partial charge in [-0.1, -0.05) is 0 Å². The summed E-state index contributed by atoms with van der Waals surface area (Å²) in [7, 11) is 0. The molecule has 0 radical (unpaired) electrons. The first-order valence-electron chi connectivity index (χ1n) is 3.12. The molecule has 3 N–H and O–H groups in total. The second kappa shape index (κ2) is 3.17. The van der Waals surface area contributed by atoms with Gasteiger partial charge in [0.15, 0.2) is 5.82 Å². The van der Waals surface area contributed by atoms with Crippen molar-refractivity contribution in [3.8, 4) is 0 Å². The molecule has 10 heavy (non-hydrogen) atoms. The lowest BCUT2D eigenvalue weighted by Gasteiger charge is -1.90. The second-order valence-corrected chi connectivity index (χ2v) is 1.79. The molecule has 0 aromatic carbocycles. The van der Waals surface area contributed by atoms with Crippen molar-refractivity contribution < 1.29 is 5.11 Å². The third-order valence-electron chi connectivity index (χ3n) is 1.02. The standard InChI is InChI=1S/C5H10N4O/c1-2-6-5-7-4(3-10)8-9-5/h10H,2-3H2,1H3,(H2,6,7,8,9). The minimum atomic E-state index is -0.0988. The Labute approximate surface area is 58.5 Å². The second-order valence-electron chi connectivity index (χ2n) is 1.79. The summed E-state index contributed by atoms with van der Waals surface area (Å²) in [5.41, 5.74) is 0. The summed E-state index contributed by atoms with van der Waals surface area (Å²) in [5.74, 6) is 1.02. The Morgan fingerprint density at radius 1 is 1.70 bits per heavy atom. The van der Waals surface area contributed by atoms with E-state index in [1.165, 1.54) is 0 Å². The fourth-order valence-corrected chi connectivity index (χ4v) is 0.603. The van der Waals surface area contributed by atoms with Gasteiger partial charge >= 0.3 is 0 Å². The van der Waals surface area contributed by atoms with E-state index in [0.29, 0.717) is 11.8 Å². The molecule has 0 bridgehead atoms. The number of anilines is 1. The highest BCUT2D eigenvalue weighted by Gasteiger charge is 1.97. The van der Waals surface area contributed by atoms with Crippen LogP contribution in [-0.2, 0) is 6.61 Å². The average molecular weight is 142 g/mol. The van der Waals surface area contributed by atoms with Crippen LogP contribution in [0, 0.1) is 0 Å². The van der Waals surface area contributed by atoms with Crippen molar-refractivity contribution in [2.45, 2.75) is 13.5 Å². The number of nitrogens with one attached hydrogen (secondary N) is 2. The molecule has 0 amide bonds. The van der Waals surface area contributed by atoms with Crippen LogP contribution in [0.4, 0.5) is 5.95 Å². The highest BCUT2D eigenvalue weighted by molar-refractivity contribution is 5.21. The molecular weight excluding hydrogens is 132 g/mol. The maximum atomic E-state index is 8.56. The minimum absolute atomic E-state index is 0.0988. The molecule has 5 heteroatoms. The molecule has 0 saturated carbocycles. The summed E-state index contributed by atoms with van der Waals surface area (Å²) in [6.45, 7) is 2.64. The van der Waals surface area contributed by atoms with Crippen molar-refractivity contribution in [1.82, 2.24) is 15.2 Å². The monoisotopic (exact) mass is 142 g/mol. The third kappa shape index (κ3) is 1.44. The molecule has 1 rings (SSSR count). The van der Waals surface area contributed by atoms with E-state index in [9.17, 15) is 0 Å². The van der Waals surface area contributed by atoms with Gasteiger partial charge in [0, 0.05) is 6.54 Å². The van der Waals surface area contributed by atoms with Gasteiger partial charge in [-0.05, 0) is 6.92 Å². The summed E-state index contributed by atoms with van der Waals surface area (Å²) >= 11 is 0. The maximum absolute atomic E-state index is 8.56. The molecule has 56 valence electrons. The Morgan fingerprint density at radius 3 is 3.00 bits per heavy atom. The van der Waals surface area contributed by atoms with Gasteiger partial charge in [-0.15, -0.1) is 5.10 Å². The number of H-pyrrole nitrogens is 1. The molecule has 0 aliphatic rings. The zero-order valence-corrected chi connectivity index (χ0v) is 5.76. The Hall–Kier alpha value is -1.10. The van der Waals surface area contributed by atoms with Crippen molar-refractivity contribution in [2.24, 2.45) is 0 Å². The predicted octanol–water partition coefficient (Wildman–Crippen LogP) is -0.271. The SMILES string of the molecule is CCNc1n[nH]c(CO)n1. The summed E-state index contributed by atoms with van der Waals surface area (Å²) in [4.78, 5) is 3.89. The van der Waals surface area contributed by atoms with Gasteiger partial charge in [0.1, 0.15) is 6.61 Å². The summed E-state index contributed by atoms with van der Waals surface area (Å²) in [6.07, 6.45) is 0. The van der Waals surface area contributed by atoms with Crippen LogP contribution < -0.4 is 5.32 Å². The Morgan fingerprint density at radius 2 is 2.50 bits per heavy atom. The quantitative estimate of drug-likeness (QED) is 0.543. The van der Waals surface area contributed by atoms with Gasteiger partial charge in [-0.25, -0.2) is 0 Å². The molecule has 0 aliphatic carbocycles. The van der Waals surface area contributed by atoms with E-state index in [0.717, 1.165) is 6.54 Å². The molecule has 0 spiro atoms. The Bertz CT molecular complexity index is 197. The number of aliphatic hydroxyl groups excluding tert-OH is 1. The number of aromatic amines is 1. The number of nitrogens with zero attached hydrogens (tertiary/aromatic N) is 2. The van der Waals surface area contributed by atoms with E-state index >= 15 is 0 Å². The van der Waals surface area contributed by atoms with E-state index in [-0.39, 0.29) is 6.61 Å². The molecule has 1 aromatic heterocycles. The number of aromatic nitrogens is 3. The largest absolute Gasteiger partial charge is 0.388 e. The molecule has 0 atom stereocenters. The summed E-state index contributed by atoms with van der Waals surface area (Å²) in [5, 5.41) is 17.8. The van der Waals surface area contributed by atoms with E-state index in [2.05, 4.69) is 20.5 Å². The van der Waals surface area contributed by atoms with Crippen molar-refractivity contribution in [2.75, 3.05) is 11.9 Å². The molecule has 5 nitrogen and oxygen atoms in total. The van der Waals surface area contributed by atoms with Crippen LogP contribution in [-0.4, -0.2) is 26.8 Å². The van der Waals surface area contributed by atoms with Crippen LogP contribution >= 0.6 is 0 Å². The first-order chi connectivity index (χ1) is 4.86.